The van der Waals surface area contributed by atoms with Crippen LogP contribution in [0.5, 0.6) is 0 Å². The Bertz CT molecular complexity index is 1860. The van der Waals surface area contributed by atoms with Crippen LogP contribution in [0, 0.1) is 18.8 Å². The summed E-state index contributed by atoms with van der Waals surface area (Å²) in [4.78, 5) is 47.1. The van der Waals surface area contributed by atoms with Gasteiger partial charge in [0, 0.05) is 0 Å². The molecule has 4 atom stereocenters. The van der Waals surface area contributed by atoms with Crippen molar-refractivity contribution in [2.75, 3.05) is 4.90 Å². The van der Waals surface area contributed by atoms with E-state index in [1.807, 2.05) is 153 Å². The van der Waals surface area contributed by atoms with Crippen molar-refractivity contribution in [3.05, 3.63) is 173 Å². The molecule has 0 spiro atoms. The minimum Gasteiger partial charge on any atom is -0.297 e. The first-order valence-electron chi connectivity index (χ1n) is 15.0. The number of carbonyl (C=O) groups is 3. The van der Waals surface area contributed by atoms with E-state index in [0.717, 1.165) is 39.0 Å². The highest BCUT2D eigenvalue weighted by Gasteiger charge is 2.82. The Morgan fingerprint density at radius 1 is 0.500 bits per heavy atom. The summed E-state index contributed by atoms with van der Waals surface area (Å²) in [6.45, 7) is 1.95. The molecule has 2 fully saturated rings. The Morgan fingerprint density at radius 2 is 0.909 bits per heavy atom. The Kier molecular flexibility index (Phi) is 5.73. The number of aryl methyl sites for hydroxylation is 1. The zero-order valence-corrected chi connectivity index (χ0v) is 24.2. The van der Waals surface area contributed by atoms with Crippen LogP contribution in [0.15, 0.2) is 146 Å². The quantitative estimate of drug-likeness (QED) is 0.210. The number of carbonyl (C=O) groups excluding carboxylic acids is 3. The predicted octanol–water partition coefficient (Wildman–Crippen LogP) is 7.18. The van der Waals surface area contributed by atoms with Gasteiger partial charge in [-0.25, -0.2) is 4.90 Å². The number of amides is 2. The topological polar surface area (TPSA) is 54.5 Å². The third kappa shape index (κ3) is 3.20. The monoisotopic (exact) mass is 571 g/mol. The number of fused-ring (bicyclic) bond motifs is 5. The molecule has 2 amide bonds. The number of benzene rings is 5. The molecule has 0 aromatic heterocycles. The average Bonchev–Trinajstić information content (AvgIpc) is 3.58. The first-order chi connectivity index (χ1) is 21.5. The highest BCUT2D eigenvalue weighted by atomic mass is 16.2. The molecule has 8 rings (SSSR count). The van der Waals surface area contributed by atoms with Crippen LogP contribution in [0.4, 0.5) is 5.69 Å². The molecule has 2 aliphatic carbocycles. The molecule has 1 heterocycles. The highest BCUT2D eigenvalue weighted by Crippen LogP contribution is 2.74. The van der Waals surface area contributed by atoms with Crippen LogP contribution in [-0.4, -0.2) is 17.6 Å². The van der Waals surface area contributed by atoms with E-state index in [0.29, 0.717) is 5.69 Å². The fourth-order valence-corrected chi connectivity index (χ4v) is 8.36. The first kappa shape index (κ1) is 26.3. The van der Waals surface area contributed by atoms with Gasteiger partial charge >= 0.3 is 0 Å². The van der Waals surface area contributed by atoms with Gasteiger partial charge in [0.1, 0.15) is 0 Å². The molecule has 3 aliphatic rings. The van der Waals surface area contributed by atoms with Crippen molar-refractivity contribution in [2.45, 2.75) is 17.8 Å². The molecule has 212 valence electrons. The number of allylic oxidation sites excluding steroid dienone is 2. The summed E-state index contributed by atoms with van der Waals surface area (Å²) in [5, 5.41) is 0. The van der Waals surface area contributed by atoms with Gasteiger partial charge in [-0.3, -0.25) is 14.4 Å². The molecule has 4 heteroatoms. The molecule has 2 bridgehead atoms. The van der Waals surface area contributed by atoms with Gasteiger partial charge in [-0.05, 0) is 58.0 Å². The van der Waals surface area contributed by atoms with E-state index in [4.69, 9.17) is 0 Å². The molecule has 1 saturated heterocycles. The standard InChI is InChI=1S/C40H29NO3/c1-26-15-14-24-31(25-26)41-36(42)34-35(37(41)43)40(30-22-12-5-13-23-30)33(28-18-8-3-9-19-28)32(27-16-6-2-7-17-27)39(34,38(40)44)29-20-10-4-11-21-29/h2-25,34-35H,1H3/t34-,35-,39-,40-/m0/s1. The smallest absolute Gasteiger partial charge is 0.239 e. The highest BCUT2D eigenvalue weighted by molar-refractivity contribution is 6.39. The van der Waals surface area contributed by atoms with Gasteiger partial charge in [0.15, 0.2) is 5.78 Å². The van der Waals surface area contributed by atoms with Crippen molar-refractivity contribution in [2.24, 2.45) is 11.8 Å². The average molecular weight is 572 g/mol. The van der Waals surface area contributed by atoms with Crippen molar-refractivity contribution < 1.29 is 14.4 Å². The molecule has 5 aromatic rings. The molecule has 0 unspecified atom stereocenters. The van der Waals surface area contributed by atoms with E-state index in [9.17, 15) is 9.59 Å². The normalized spacial score (nSPS) is 25.6. The maximum atomic E-state index is 15.8. The van der Waals surface area contributed by atoms with E-state index in [2.05, 4.69) is 0 Å². The van der Waals surface area contributed by atoms with Crippen LogP contribution in [0.2, 0.25) is 0 Å². The largest absolute Gasteiger partial charge is 0.297 e. The minimum absolute atomic E-state index is 0.110. The fourth-order valence-electron chi connectivity index (χ4n) is 8.36. The van der Waals surface area contributed by atoms with E-state index < -0.39 is 22.7 Å². The van der Waals surface area contributed by atoms with E-state index in [-0.39, 0.29) is 17.6 Å². The summed E-state index contributed by atoms with van der Waals surface area (Å²) < 4.78 is 0. The zero-order chi connectivity index (χ0) is 30.1. The molecule has 1 aliphatic heterocycles. The van der Waals surface area contributed by atoms with E-state index in [1.165, 1.54) is 4.90 Å². The Balaban J connectivity index is 1.56. The zero-order valence-electron chi connectivity index (χ0n) is 24.2. The van der Waals surface area contributed by atoms with Crippen LogP contribution < -0.4 is 4.90 Å². The van der Waals surface area contributed by atoms with Gasteiger partial charge in [0.05, 0.1) is 28.4 Å². The number of imide groups is 1. The fraction of sp³-hybridized carbons (Fsp3) is 0.125. The second-order valence-corrected chi connectivity index (χ2v) is 12.0. The van der Waals surface area contributed by atoms with Crippen LogP contribution in [0.3, 0.4) is 0 Å². The maximum absolute atomic E-state index is 15.8. The first-order valence-corrected chi connectivity index (χ1v) is 15.0. The number of hydrogen-bond donors (Lipinski definition) is 0. The third-order valence-electron chi connectivity index (χ3n) is 9.84. The molecular formula is C40H29NO3. The molecule has 4 nitrogen and oxygen atoms in total. The van der Waals surface area contributed by atoms with Crippen LogP contribution in [0.25, 0.3) is 11.1 Å². The second-order valence-electron chi connectivity index (χ2n) is 12.0. The molecular weight excluding hydrogens is 542 g/mol. The van der Waals surface area contributed by atoms with Gasteiger partial charge in [0.2, 0.25) is 11.8 Å². The summed E-state index contributed by atoms with van der Waals surface area (Å²) in [5.74, 6) is -2.62. The summed E-state index contributed by atoms with van der Waals surface area (Å²) in [6.07, 6.45) is 0. The van der Waals surface area contributed by atoms with Crippen LogP contribution >= 0.6 is 0 Å². The van der Waals surface area contributed by atoms with E-state index in [1.54, 1.807) is 0 Å². The van der Waals surface area contributed by atoms with Crippen molar-refractivity contribution in [3.63, 3.8) is 0 Å². The van der Waals surface area contributed by atoms with E-state index >= 15 is 4.79 Å². The SMILES string of the molecule is Cc1cccc(N2C(=O)[C@@H]3[C@@H](C2=O)[C@@]2(c4ccccc4)C(=O)[C@@]3(c3ccccc3)C(c3ccccc3)=C2c2ccccc2)c1. The molecule has 0 N–H and O–H groups in total. The minimum atomic E-state index is -1.39. The van der Waals surface area contributed by atoms with Crippen LogP contribution in [0.1, 0.15) is 27.8 Å². The van der Waals surface area contributed by atoms with Gasteiger partial charge < -0.3 is 0 Å². The van der Waals surface area contributed by atoms with Gasteiger partial charge in [-0.2, -0.15) is 0 Å². The Hall–Kier alpha value is -5.35. The summed E-state index contributed by atoms with van der Waals surface area (Å²) in [5.41, 5.74) is 3.51. The second kappa shape index (κ2) is 9.58. The molecule has 1 saturated carbocycles. The lowest BCUT2D eigenvalue weighted by Gasteiger charge is -2.39. The number of anilines is 1. The van der Waals surface area contributed by atoms with Crippen molar-refractivity contribution in [3.8, 4) is 0 Å². The maximum Gasteiger partial charge on any atom is 0.239 e. The summed E-state index contributed by atoms with van der Waals surface area (Å²) in [6, 6.07) is 46.6. The Labute approximate surface area is 256 Å². The number of Topliss-reactive ketones (excluding diaryl/α,β-unsaturated/α-hetero) is 1. The number of rotatable bonds is 5. The Morgan fingerprint density at radius 3 is 1.32 bits per heavy atom. The predicted molar refractivity (Wildman–Crippen MR) is 172 cm³/mol. The number of nitrogens with zero attached hydrogens (tertiary/aromatic N) is 1. The van der Waals surface area contributed by atoms with Gasteiger partial charge in [-0.1, -0.05) is 133 Å². The molecule has 5 aromatic carbocycles. The lowest BCUT2D eigenvalue weighted by molar-refractivity contribution is -0.130. The number of hydrogen-bond acceptors (Lipinski definition) is 3. The van der Waals surface area contributed by atoms with Gasteiger partial charge in [-0.15, -0.1) is 0 Å². The third-order valence-corrected chi connectivity index (χ3v) is 9.84. The lowest BCUT2D eigenvalue weighted by atomic mass is 9.59. The van der Waals surface area contributed by atoms with Crippen molar-refractivity contribution in [1.29, 1.82) is 0 Å². The summed E-state index contributed by atoms with van der Waals surface area (Å²) in [7, 11) is 0. The van der Waals surface area contributed by atoms with Crippen molar-refractivity contribution in [1.82, 2.24) is 0 Å². The van der Waals surface area contributed by atoms with Gasteiger partial charge in [0.25, 0.3) is 0 Å². The van der Waals surface area contributed by atoms with Crippen LogP contribution in [-0.2, 0) is 25.2 Å². The van der Waals surface area contributed by atoms with Crippen molar-refractivity contribution >= 4 is 34.4 Å². The molecule has 44 heavy (non-hydrogen) atoms. The summed E-state index contributed by atoms with van der Waals surface area (Å²) >= 11 is 0. The lowest BCUT2D eigenvalue weighted by Crippen LogP contribution is -2.45. The molecule has 0 radical (unpaired) electrons. The number of ketones is 1.